The zero-order valence-corrected chi connectivity index (χ0v) is 12.7. The summed E-state index contributed by atoms with van der Waals surface area (Å²) >= 11 is 3.44. The third kappa shape index (κ3) is 2.68. The van der Waals surface area contributed by atoms with Crippen molar-refractivity contribution in [3.05, 3.63) is 65.9 Å². The molecule has 0 N–H and O–H groups in total. The number of aromatic nitrogens is 1. The van der Waals surface area contributed by atoms with Gasteiger partial charge in [0, 0.05) is 16.4 Å². The van der Waals surface area contributed by atoms with Gasteiger partial charge in [-0.25, -0.2) is 4.98 Å². The SMILES string of the molecule is Cc1ccc2cccc(Oc3ccc(CBr)cc3)c2n1. The van der Waals surface area contributed by atoms with Gasteiger partial charge in [0.15, 0.2) is 5.75 Å². The third-order valence-corrected chi connectivity index (χ3v) is 3.78. The summed E-state index contributed by atoms with van der Waals surface area (Å²) in [6.07, 6.45) is 0. The Morgan fingerprint density at radius 2 is 1.80 bits per heavy atom. The molecule has 3 aromatic rings. The van der Waals surface area contributed by atoms with Crippen LogP contribution >= 0.6 is 15.9 Å². The standard InChI is InChI=1S/C17H14BrNO/c1-12-5-8-14-3-2-4-16(17(14)19-12)20-15-9-6-13(11-18)7-10-15/h2-10H,11H2,1H3. The van der Waals surface area contributed by atoms with Crippen LogP contribution in [0.3, 0.4) is 0 Å². The number of fused-ring (bicyclic) bond motifs is 1. The van der Waals surface area contributed by atoms with Crippen LogP contribution < -0.4 is 4.74 Å². The second-order valence-corrected chi connectivity index (χ2v) is 5.22. The molecule has 2 nitrogen and oxygen atoms in total. The van der Waals surface area contributed by atoms with Crippen molar-refractivity contribution in [3.8, 4) is 11.5 Å². The molecule has 0 fully saturated rings. The highest BCUT2D eigenvalue weighted by atomic mass is 79.9. The number of aryl methyl sites for hydroxylation is 1. The first-order valence-electron chi connectivity index (χ1n) is 6.45. The normalized spacial score (nSPS) is 10.7. The van der Waals surface area contributed by atoms with Gasteiger partial charge < -0.3 is 4.74 Å². The highest BCUT2D eigenvalue weighted by Crippen LogP contribution is 2.29. The average Bonchev–Trinajstić information content (AvgIpc) is 2.49. The molecule has 1 aromatic heterocycles. The fourth-order valence-electron chi connectivity index (χ4n) is 2.07. The van der Waals surface area contributed by atoms with Gasteiger partial charge in [0.2, 0.25) is 0 Å². The smallest absolute Gasteiger partial charge is 0.153 e. The minimum atomic E-state index is 0.790. The van der Waals surface area contributed by atoms with E-state index in [1.165, 1.54) is 5.56 Å². The lowest BCUT2D eigenvalue weighted by Gasteiger charge is -2.09. The number of alkyl halides is 1. The number of hydrogen-bond donors (Lipinski definition) is 0. The van der Waals surface area contributed by atoms with Crippen molar-refractivity contribution in [2.75, 3.05) is 0 Å². The minimum absolute atomic E-state index is 0.790. The molecule has 100 valence electrons. The molecule has 3 heteroatoms. The van der Waals surface area contributed by atoms with Crippen LogP contribution in [-0.2, 0) is 5.33 Å². The van der Waals surface area contributed by atoms with E-state index in [1.807, 2.05) is 55.5 Å². The van der Waals surface area contributed by atoms with Crippen LogP contribution in [0.25, 0.3) is 10.9 Å². The van der Waals surface area contributed by atoms with Gasteiger partial charge in [0.05, 0.1) is 0 Å². The van der Waals surface area contributed by atoms with Crippen LogP contribution in [0.4, 0.5) is 0 Å². The average molecular weight is 328 g/mol. The van der Waals surface area contributed by atoms with E-state index in [-0.39, 0.29) is 0 Å². The molecule has 0 aliphatic heterocycles. The molecule has 0 saturated carbocycles. The summed E-state index contributed by atoms with van der Waals surface area (Å²) in [4.78, 5) is 4.57. The molecule has 0 spiro atoms. The highest BCUT2D eigenvalue weighted by Gasteiger charge is 2.05. The molecular weight excluding hydrogens is 314 g/mol. The topological polar surface area (TPSA) is 22.1 Å². The molecule has 0 atom stereocenters. The van der Waals surface area contributed by atoms with Crippen molar-refractivity contribution < 1.29 is 4.74 Å². The number of nitrogens with zero attached hydrogens (tertiary/aromatic N) is 1. The zero-order valence-electron chi connectivity index (χ0n) is 11.1. The Morgan fingerprint density at radius 3 is 2.55 bits per heavy atom. The number of halogens is 1. The number of ether oxygens (including phenoxy) is 1. The van der Waals surface area contributed by atoms with Crippen LogP contribution in [0.5, 0.6) is 11.5 Å². The second-order valence-electron chi connectivity index (χ2n) is 4.66. The van der Waals surface area contributed by atoms with Crippen LogP contribution in [0.15, 0.2) is 54.6 Å². The summed E-state index contributed by atoms with van der Waals surface area (Å²) < 4.78 is 5.97. The number of pyridine rings is 1. The molecule has 0 radical (unpaired) electrons. The summed E-state index contributed by atoms with van der Waals surface area (Å²) in [5.74, 6) is 1.61. The van der Waals surface area contributed by atoms with Gasteiger partial charge in [-0.15, -0.1) is 0 Å². The van der Waals surface area contributed by atoms with E-state index in [1.54, 1.807) is 0 Å². The van der Waals surface area contributed by atoms with Gasteiger partial charge in [-0.2, -0.15) is 0 Å². The second kappa shape index (κ2) is 5.63. The number of para-hydroxylation sites is 1. The van der Waals surface area contributed by atoms with Crippen LogP contribution in [0.2, 0.25) is 0 Å². The Bertz CT molecular complexity index is 738. The van der Waals surface area contributed by atoms with E-state index in [9.17, 15) is 0 Å². The largest absolute Gasteiger partial charge is 0.455 e. The first-order chi connectivity index (χ1) is 9.76. The summed E-state index contributed by atoms with van der Waals surface area (Å²) in [5.41, 5.74) is 3.12. The maximum Gasteiger partial charge on any atom is 0.153 e. The molecule has 0 saturated heterocycles. The Hall–Kier alpha value is -1.87. The van der Waals surface area contributed by atoms with E-state index in [0.29, 0.717) is 0 Å². The van der Waals surface area contributed by atoms with E-state index in [0.717, 1.165) is 33.4 Å². The van der Waals surface area contributed by atoms with Crippen molar-refractivity contribution in [2.24, 2.45) is 0 Å². The highest BCUT2D eigenvalue weighted by molar-refractivity contribution is 9.08. The summed E-state index contributed by atoms with van der Waals surface area (Å²) in [5, 5.41) is 1.94. The molecule has 0 amide bonds. The maximum absolute atomic E-state index is 5.97. The van der Waals surface area contributed by atoms with Crippen molar-refractivity contribution in [2.45, 2.75) is 12.3 Å². The fraction of sp³-hybridized carbons (Fsp3) is 0.118. The zero-order chi connectivity index (χ0) is 13.9. The molecule has 0 unspecified atom stereocenters. The fourth-order valence-corrected chi connectivity index (χ4v) is 2.45. The van der Waals surface area contributed by atoms with Gasteiger partial charge in [-0.1, -0.05) is 46.3 Å². The first kappa shape index (κ1) is 13.1. The molecule has 2 aromatic carbocycles. The van der Waals surface area contributed by atoms with Gasteiger partial charge in [0.25, 0.3) is 0 Å². The molecular formula is C17H14BrNO. The summed E-state index contributed by atoms with van der Waals surface area (Å²) in [7, 11) is 0. The maximum atomic E-state index is 5.97. The Morgan fingerprint density at radius 1 is 1.00 bits per heavy atom. The molecule has 3 rings (SSSR count). The Balaban J connectivity index is 1.99. The van der Waals surface area contributed by atoms with Crippen molar-refractivity contribution in [1.82, 2.24) is 4.98 Å². The predicted molar refractivity (Wildman–Crippen MR) is 85.6 cm³/mol. The van der Waals surface area contributed by atoms with E-state index in [4.69, 9.17) is 4.74 Å². The summed E-state index contributed by atoms with van der Waals surface area (Å²) in [6, 6.07) is 18.1. The van der Waals surface area contributed by atoms with Crippen LogP contribution in [0, 0.1) is 6.92 Å². The van der Waals surface area contributed by atoms with Crippen molar-refractivity contribution in [3.63, 3.8) is 0 Å². The van der Waals surface area contributed by atoms with E-state index >= 15 is 0 Å². The van der Waals surface area contributed by atoms with Gasteiger partial charge >= 0.3 is 0 Å². The number of benzene rings is 2. The Kier molecular flexibility index (Phi) is 3.70. The molecule has 20 heavy (non-hydrogen) atoms. The van der Waals surface area contributed by atoms with E-state index in [2.05, 4.69) is 27.0 Å². The third-order valence-electron chi connectivity index (χ3n) is 3.13. The minimum Gasteiger partial charge on any atom is -0.455 e. The van der Waals surface area contributed by atoms with Gasteiger partial charge in [0.1, 0.15) is 11.3 Å². The molecule has 0 aliphatic rings. The molecule has 0 aliphatic carbocycles. The van der Waals surface area contributed by atoms with Gasteiger partial charge in [-0.05, 0) is 36.8 Å². The van der Waals surface area contributed by atoms with E-state index < -0.39 is 0 Å². The first-order valence-corrected chi connectivity index (χ1v) is 7.57. The lowest BCUT2D eigenvalue weighted by Crippen LogP contribution is -1.90. The predicted octanol–water partition coefficient (Wildman–Crippen LogP) is 5.23. The van der Waals surface area contributed by atoms with Gasteiger partial charge in [-0.3, -0.25) is 0 Å². The molecule has 0 bridgehead atoms. The lowest BCUT2D eigenvalue weighted by atomic mass is 10.2. The van der Waals surface area contributed by atoms with Crippen LogP contribution in [-0.4, -0.2) is 4.98 Å². The summed E-state index contributed by atoms with van der Waals surface area (Å²) in [6.45, 7) is 1.99. The number of hydrogen-bond acceptors (Lipinski definition) is 2. The molecule has 1 heterocycles. The quantitative estimate of drug-likeness (QED) is 0.614. The Labute approximate surface area is 126 Å². The van der Waals surface area contributed by atoms with Crippen molar-refractivity contribution in [1.29, 1.82) is 0 Å². The lowest BCUT2D eigenvalue weighted by molar-refractivity contribution is 0.487. The van der Waals surface area contributed by atoms with Crippen LogP contribution in [0.1, 0.15) is 11.3 Å². The van der Waals surface area contributed by atoms with Crippen molar-refractivity contribution >= 4 is 26.8 Å². The monoisotopic (exact) mass is 327 g/mol. The number of rotatable bonds is 3.